The summed E-state index contributed by atoms with van der Waals surface area (Å²) in [5.41, 5.74) is 0.755. The molecule has 0 fully saturated rings. The van der Waals surface area contributed by atoms with Gasteiger partial charge in [0.25, 0.3) is 5.91 Å². The van der Waals surface area contributed by atoms with Gasteiger partial charge in [-0.2, -0.15) is 0 Å². The molecule has 2 aromatic rings. The van der Waals surface area contributed by atoms with Crippen LogP contribution >= 0.6 is 0 Å². The van der Waals surface area contributed by atoms with Gasteiger partial charge in [0, 0.05) is 25.7 Å². The number of ether oxygens (including phenoxy) is 1. The Kier molecular flexibility index (Phi) is 6.01. The number of carbonyl (C=O) groups excluding carboxylic acids is 2. The highest BCUT2D eigenvalue weighted by Gasteiger charge is 2.13. The number of anilines is 1. The summed E-state index contributed by atoms with van der Waals surface area (Å²) in [4.78, 5) is 25.3. The van der Waals surface area contributed by atoms with Gasteiger partial charge in [-0.05, 0) is 50.2 Å². The highest BCUT2D eigenvalue weighted by Crippen LogP contribution is 2.20. The molecule has 0 aliphatic carbocycles. The second-order valence-corrected chi connectivity index (χ2v) is 5.56. The molecule has 0 spiro atoms. The molecule has 6 heteroatoms. The van der Waals surface area contributed by atoms with Crippen LogP contribution in [0.4, 0.5) is 5.69 Å². The monoisotopic (exact) mass is 330 g/mol. The Labute approximate surface area is 141 Å². The highest BCUT2D eigenvalue weighted by atomic mass is 16.5. The number of amides is 2. The van der Waals surface area contributed by atoms with Crippen molar-refractivity contribution >= 4 is 17.5 Å². The third-order valence-corrected chi connectivity index (χ3v) is 3.27. The minimum atomic E-state index is -0.302. The first kappa shape index (κ1) is 17.6. The summed E-state index contributed by atoms with van der Waals surface area (Å²) in [6.45, 7) is 6.09. The smallest absolute Gasteiger partial charge is 0.287 e. The predicted octanol–water partition coefficient (Wildman–Crippen LogP) is 2.85. The molecular formula is C18H22N2O4. The van der Waals surface area contributed by atoms with Crippen molar-refractivity contribution in [2.45, 2.75) is 26.9 Å². The van der Waals surface area contributed by atoms with Crippen molar-refractivity contribution in [1.29, 1.82) is 0 Å². The number of hydrogen-bond donors (Lipinski definition) is 1. The van der Waals surface area contributed by atoms with Crippen LogP contribution in [0.25, 0.3) is 0 Å². The van der Waals surface area contributed by atoms with Gasteiger partial charge in [0.05, 0.1) is 12.4 Å². The fourth-order valence-corrected chi connectivity index (χ4v) is 2.22. The average Bonchev–Trinajstić information content (AvgIpc) is 3.06. The van der Waals surface area contributed by atoms with Crippen molar-refractivity contribution in [3.05, 3.63) is 48.4 Å². The molecular weight excluding hydrogens is 308 g/mol. The van der Waals surface area contributed by atoms with E-state index in [0.717, 1.165) is 11.4 Å². The second kappa shape index (κ2) is 8.19. The zero-order chi connectivity index (χ0) is 17.5. The maximum atomic E-state index is 11.9. The third-order valence-electron chi connectivity index (χ3n) is 3.27. The van der Waals surface area contributed by atoms with Crippen LogP contribution in [-0.4, -0.2) is 31.0 Å². The quantitative estimate of drug-likeness (QED) is 0.847. The molecule has 2 amide bonds. The topological polar surface area (TPSA) is 71.8 Å². The van der Waals surface area contributed by atoms with Crippen LogP contribution in [0.1, 0.15) is 31.3 Å². The van der Waals surface area contributed by atoms with Gasteiger partial charge in [0.2, 0.25) is 5.91 Å². The van der Waals surface area contributed by atoms with Crippen molar-refractivity contribution in [2.75, 3.05) is 18.0 Å². The average molecular weight is 330 g/mol. The lowest BCUT2D eigenvalue weighted by Gasteiger charge is -2.22. The van der Waals surface area contributed by atoms with Gasteiger partial charge in [-0.25, -0.2) is 0 Å². The first-order chi connectivity index (χ1) is 11.5. The molecule has 128 valence electrons. The molecule has 0 aliphatic rings. The van der Waals surface area contributed by atoms with E-state index in [1.807, 2.05) is 38.1 Å². The summed E-state index contributed by atoms with van der Waals surface area (Å²) in [7, 11) is 0. The van der Waals surface area contributed by atoms with E-state index in [-0.39, 0.29) is 23.7 Å². The standard InChI is InChI=1S/C18H22N2O4/c1-13(2)24-16-8-6-15(7-9-16)20(14(3)21)11-10-19-18(22)17-5-4-12-23-17/h4-9,12-13H,10-11H2,1-3H3,(H,19,22). The molecule has 0 saturated heterocycles. The molecule has 6 nitrogen and oxygen atoms in total. The summed E-state index contributed by atoms with van der Waals surface area (Å²) < 4.78 is 10.6. The van der Waals surface area contributed by atoms with E-state index in [4.69, 9.17) is 9.15 Å². The maximum absolute atomic E-state index is 11.9. The van der Waals surface area contributed by atoms with Gasteiger partial charge in [0.1, 0.15) is 5.75 Å². The van der Waals surface area contributed by atoms with E-state index in [1.165, 1.54) is 13.2 Å². The summed E-state index contributed by atoms with van der Waals surface area (Å²) in [6, 6.07) is 10.5. The highest BCUT2D eigenvalue weighted by molar-refractivity contribution is 5.92. The summed E-state index contributed by atoms with van der Waals surface area (Å²) in [5.74, 6) is 0.604. The predicted molar refractivity (Wildman–Crippen MR) is 91.3 cm³/mol. The Morgan fingerprint density at radius 3 is 2.46 bits per heavy atom. The van der Waals surface area contributed by atoms with Gasteiger partial charge in [-0.1, -0.05) is 0 Å². The summed E-state index contributed by atoms with van der Waals surface area (Å²) in [6.07, 6.45) is 1.54. The largest absolute Gasteiger partial charge is 0.491 e. The summed E-state index contributed by atoms with van der Waals surface area (Å²) in [5, 5.41) is 2.73. The van der Waals surface area contributed by atoms with Gasteiger partial charge in [-0.15, -0.1) is 0 Å². The summed E-state index contributed by atoms with van der Waals surface area (Å²) >= 11 is 0. The first-order valence-electron chi connectivity index (χ1n) is 7.84. The fourth-order valence-electron chi connectivity index (χ4n) is 2.22. The molecule has 2 rings (SSSR count). The van der Waals surface area contributed by atoms with Crippen LogP contribution in [0.2, 0.25) is 0 Å². The number of carbonyl (C=O) groups is 2. The molecule has 0 radical (unpaired) electrons. The van der Waals surface area contributed by atoms with E-state index in [2.05, 4.69) is 5.32 Å². The third kappa shape index (κ3) is 4.87. The normalized spacial score (nSPS) is 10.5. The lowest BCUT2D eigenvalue weighted by molar-refractivity contribution is -0.116. The van der Waals surface area contributed by atoms with Gasteiger partial charge >= 0.3 is 0 Å². The van der Waals surface area contributed by atoms with E-state index >= 15 is 0 Å². The lowest BCUT2D eigenvalue weighted by atomic mass is 10.2. The number of benzene rings is 1. The molecule has 1 aromatic carbocycles. The molecule has 1 heterocycles. The van der Waals surface area contributed by atoms with Gasteiger partial charge < -0.3 is 19.4 Å². The molecule has 1 aromatic heterocycles. The van der Waals surface area contributed by atoms with E-state index in [1.54, 1.807) is 17.0 Å². The van der Waals surface area contributed by atoms with Crippen molar-refractivity contribution in [1.82, 2.24) is 5.32 Å². The Bertz CT molecular complexity index is 663. The molecule has 0 bridgehead atoms. The molecule has 0 saturated carbocycles. The zero-order valence-corrected chi connectivity index (χ0v) is 14.1. The number of rotatable bonds is 7. The van der Waals surface area contributed by atoms with Crippen LogP contribution < -0.4 is 15.0 Å². The number of furan rings is 1. The van der Waals surface area contributed by atoms with Crippen LogP contribution in [0.15, 0.2) is 47.1 Å². The molecule has 24 heavy (non-hydrogen) atoms. The number of hydrogen-bond acceptors (Lipinski definition) is 4. The lowest BCUT2D eigenvalue weighted by Crippen LogP contribution is -2.37. The van der Waals surface area contributed by atoms with E-state index in [9.17, 15) is 9.59 Å². The fraction of sp³-hybridized carbons (Fsp3) is 0.333. The Morgan fingerprint density at radius 2 is 1.92 bits per heavy atom. The van der Waals surface area contributed by atoms with Crippen molar-refractivity contribution in [3.63, 3.8) is 0 Å². The van der Waals surface area contributed by atoms with Crippen LogP contribution in [-0.2, 0) is 4.79 Å². The van der Waals surface area contributed by atoms with Crippen LogP contribution in [0.3, 0.4) is 0 Å². The van der Waals surface area contributed by atoms with Gasteiger partial charge in [0.15, 0.2) is 5.76 Å². The molecule has 0 aliphatic heterocycles. The molecule has 0 atom stereocenters. The second-order valence-electron chi connectivity index (χ2n) is 5.56. The molecule has 0 unspecified atom stereocenters. The van der Waals surface area contributed by atoms with Crippen molar-refractivity contribution in [3.8, 4) is 5.75 Å². The maximum Gasteiger partial charge on any atom is 0.287 e. The van der Waals surface area contributed by atoms with Crippen molar-refractivity contribution in [2.24, 2.45) is 0 Å². The van der Waals surface area contributed by atoms with Crippen molar-refractivity contribution < 1.29 is 18.7 Å². The Morgan fingerprint density at radius 1 is 1.21 bits per heavy atom. The minimum absolute atomic E-state index is 0.0940. The molecule has 1 N–H and O–H groups in total. The minimum Gasteiger partial charge on any atom is -0.491 e. The first-order valence-corrected chi connectivity index (χ1v) is 7.84. The number of nitrogens with zero attached hydrogens (tertiary/aromatic N) is 1. The zero-order valence-electron chi connectivity index (χ0n) is 14.1. The van der Waals surface area contributed by atoms with Crippen LogP contribution in [0, 0.1) is 0 Å². The van der Waals surface area contributed by atoms with Gasteiger partial charge in [-0.3, -0.25) is 9.59 Å². The Hall–Kier alpha value is -2.76. The Balaban J connectivity index is 1.94. The SMILES string of the molecule is CC(=O)N(CCNC(=O)c1ccco1)c1ccc(OC(C)C)cc1. The van der Waals surface area contributed by atoms with E-state index in [0.29, 0.717) is 13.1 Å². The van der Waals surface area contributed by atoms with Crippen LogP contribution in [0.5, 0.6) is 5.75 Å². The van der Waals surface area contributed by atoms with E-state index < -0.39 is 0 Å². The number of nitrogens with one attached hydrogen (secondary N) is 1.